The minimum Gasteiger partial charge on any atom is -0.388 e. The van der Waals surface area contributed by atoms with Crippen LogP contribution in [-0.4, -0.2) is 63.8 Å². The molecule has 0 spiro atoms. The summed E-state index contributed by atoms with van der Waals surface area (Å²) in [7, 11) is 0. The lowest BCUT2D eigenvalue weighted by atomic mass is 9.89. The van der Waals surface area contributed by atoms with E-state index in [0.29, 0.717) is 6.42 Å². The van der Waals surface area contributed by atoms with E-state index in [9.17, 15) is 15.3 Å². The van der Waals surface area contributed by atoms with E-state index in [4.69, 9.17) is 14.2 Å². The summed E-state index contributed by atoms with van der Waals surface area (Å²) in [5.41, 5.74) is -1.25. The Hall–Kier alpha value is -0.240. The molecule has 20 heavy (non-hydrogen) atoms. The fourth-order valence-corrected chi connectivity index (χ4v) is 3.01. The van der Waals surface area contributed by atoms with E-state index in [0.717, 1.165) is 0 Å². The zero-order valence-corrected chi connectivity index (χ0v) is 12.5. The van der Waals surface area contributed by atoms with Crippen LogP contribution in [0.25, 0.3) is 0 Å². The van der Waals surface area contributed by atoms with E-state index in [1.165, 1.54) is 0 Å². The van der Waals surface area contributed by atoms with E-state index in [-0.39, 0.29) is 18.6 Å². The van der Waals surface area contributed by atoms with E-state index < -0.39 is 36.3 Å². The molecule has 118 valence electrons. The third-order valence-corrected chi connectivity index (χ3v) is 4.23. The van der Waals surface area contributed by atoms with Gasteiger partial charge >= 0.3 is 0 Å². The van der Waals surface area contributed by atoms with Crippen molar-refractivity contribution in [1.29, 1.82) is 0 Å². The van der Waals surface area contributed by atoms with Gasteiger partial charge in [0.15, 0.2) is 6.29 Å². The van der Waals surface area contributed by atoms with Gasteiger partial charge < -0.3 is 29.5 Å². The molecule has 2 rings (SSSR count). The molecule has 8 atom stereocenters. The first-order valence-corrected chi connectivity index (χ1v) is 7.25. The Bertz CT molecular complexity index is 334. The maximum atomic E-state index is 10.2. The molecule has 2 heterocycles. The summed E-state index contributed by atoms with van der Waals surface area (Å²) < 4.78 is 16.9. The maximum absolute atomic E-state index is 10.2. The van der Waals surface area contributed by atoms with Crippen LogP contribution >= 0.6 is 0 Å². The normalized spacial score (nSPS) is 53.9. The quantitative estimate of drug-likeness (QED) is 0.672. The SMILES string of the molecule is CC1O[C@@H](C)CC(O[C@H]2CC(C)(O)[C@H](O)C(C)O2)[C@H]1O. The van der Waals surface area contributed by atoms with Crippen molar-refractivity contribution in [3.63, 3.8) is 0 Å². The minimum absolute atomic E-state index is 0.00511. The summed E-state index contributed by atoms with van der Waals surface area (Å²) in [6, 6.07) is 0. The molecule has 0 aromatic carbocycles. The van der Waals surface area contributed by atoms with Crippen molar-refractivity contribution in [3.8, 4) is 0 Å². The highest BCUT2D eigenvalue weighted by Gasteiger charge is 2.45. The summed E-state index contributed by atoms with van der Waals surface area (Å²) in [6.45, 7) is 7.00. The molecule has 0 bridgehead atoms. The molecule has 0 aromatic rings. The molecule has 0 amide bonds. The Morgan fingerprint density at radius 1 is 1.10 bits per heavy atom. The Morgan fingerprint density at radius 2 is 1.75 bits per heavy atom. The van der Waals surface area contributed by atoms with Crippen LogP contribution in [-0.2, 0) is 14.2 Å². The molecule has 2 fully saturated rings. The van der Waals surface area contributed by atoms with Crippen molar-refractivity contribution in [2.75, 3.05) is 0 Å². The zero-order valence-electron chi connectivity index (χ0n) is 12.5. The van der Waals surface area contributed by atoms with Crippen LogP contribution in [0.1, 0.15) is 40.5 Å². The highest BCUT2D eigenvalue weighted by atomic mass is 16.7. The first-order chi connectivity index (χ1) is 9.20. The summed E-state index contributed by atoms with van der Waals surface area (Å²) in [5.74, 6) is 0. The summed E-state index contributed by atoms with van der Waals surface area (Å²) in [4.78, 5) is 0. The van der Waals surface area contributed by atoms with Crippen LogP contribution in [0.15, 0.2) is 0 Å². The van der Waals surface area contributed by atoms with Crippen molar-refractivity contribution in [3.05, 3.63) is 0 Å². The smallest absolute Gasteiger partial charge is 0.161 e. The second-order valence-corrected chi connectivity index (χ2v) is 6.33. The number of rotatable bonds is 2. The van der Waals surface area contributed by atoms with E-state index in [1.807, 2.05) is 6.92 Å². The van der Waals surface area contributed by atoms with E-state index in [1.54, 1.807) is 20.8 Å². The number of hydrogen-bond donors (Lipinski definition) is 3. The number of ether oxygens (including phenoxy) is 3. The molecular formula is C14H26O6. The average Bonchev–Trinajstić information content (AvgIpc) is 2.32. The Kier molecular flexibility index (Phi) is 4.73. The summed E-state index contributed by atoms with van der Waals surface area (Å²) in [5, 5.41) is 30.2. The van der Waals surface area contributed by atoms with Crippen molar-refractivity contribution in [2.24, 2.45) is 0 Å². The zero-order chi connectivity index (χ0) is 15.1. The highest BCUT2D eigenvalue weighted by molar-refractivity contribution is 4.92. The highest BCUT2D eigenvalue weighted by Crippen LogP contribution is 2.32. The largest absolute Gasteiger partial charge is 0.388 e. The van der Waals surface area contributed by atoms with Crippen LogP contribution in [0, 0.1) is 0 Å². The average molecular weight is 290 g/mol. The van der Waals surface area contributed by atoms with E-state index in [2.05, 4.69) is 0 Å². The van der Waals surface area contributed by atoms with Gasteiger partial charge in [0.2, 0.25) is 0 Å². The first-order valence-electron chi connectivity index (χ1n) is 7.25. The van der Waals surface area contributed by atoms with Gasteiger partial charge in [-0.3, -0.25) is 0 Å². The first kappa shape index (κ1) is 16.1. The van der Waals surface area contributed by atoms with Crippen LogP contribution in [0.5, 0.6) is 0 Å². The standard InChI is InChI=1S/C14H26O6/c1-7-5-10(12(15)8(2)18-7)20-11-6-14(4,17)13(16)9(3)19-11/h7-13,15-17H,5-6H2,1-4H3/t7-,8?,9?,10?,11-,12-,13+,14?/m0/s1. The van der Waals surface area contributed by atoms with E-state index >= 15 is 0 Å². The van der Waals surface area contributed by atoms with Gasteiger partial charge in [0.25, 0.3) is 0 Å². The topological polar surface area (TPSA) is 88.4 Å². The molecule has 0 aliphatic carbocycles. The van der Waals surface area contributed by atoms with Crippen molar-refractivity contribution in [2.45, 2.75) is 89.1 Å². The van der Waals surface area contributed by atoms with Gasteiger partial charge in [-0.15, -0.1) is 0 Å². The molecule has 0 radical (unpaired) electrons. The Labute approximate surface area is 119 Å². The second-order valence-electron chi connectivity index (χ2n) is 6.33. The van der Waals surface area contributed by atoms with Crippen LogP contribution in [0.4, 0.5) is 0 Å². The Balaban J connectivity index is 1.99. The van der Waals surface area contributed by atoms with Crippen molar-refractivity contribution < 1.29 is 29.5 Å². The van der Waals surface area contributed by atoms with Gasteiger partial charge in [-0.05, 0) is 27.7 Å². The Morgan fingerprint density at radius 3 is 2.35 bits per heavy atom. The van der Waals surface area contributed by atoms with Gasteiger partial charge in [-0.25, -0.2) is 0 Å². The number of aliphatic hydroxyl groups excluding tert-OH is 2. The van der Waals surface area contributed by atoms with Crippen LogP contribution in [0.2, 0.25) is 0 Å². The molecule has 2 aliphatic heterocycles. The van der Waals surface area contributed by atoms with Crippen molar-refractivity contribution in [1.82, 2.24) is 0 Å². The third kappa shape index (κ3) is 3.32. The molecule has 0 aromatic heterocycles. The van der Waals surface area contributed by atoms with Gasteiger partial charge in [-0.1, -0.05) is 0 Å². The lowest BCUT2D eigenvalue weighted by Gasteiger charge is -2.44. The molecule has 6 nitrogen and oxygen atoms in total. The maximum Gasteiger partial charge on any atom is 0.161 e. The molecular weight excluding hydrogens is 264 g/mol. The van der Waals surface area contributed by atoms with Crippen molar-refractivity contribution >= 4 is 0 Å². The van der Waals surface area contributed by atoms with Gasteiger partial charge in [0.05, 0.1) is 30.0 Å². The third-order valence-electron chi connectivity index (χ3n) is 4.23. The molecule has 0 saturated carbocycles. The molecule has 2 aliphatic rings. The van der Waals surface area contributed by atoms with Gasteiger partial charge in [-0.2, -0.15) is 0 Å². The van der Waals surface area contributed by atoms with Crippen LogP contribution in [0.3, 0.4) is 0 Å². The van der Waals surface area contributed by atoms with Crippen LogP contribution < -0.4 is 0 Å². The summed E-state index contributed by atoms with van der Waals surface area (Å²) >= 11 is 0. The predicted molar refractivity (Wildman–Crippen MR) is 71.1 cm³/mol. The fourth-order valence-electron chi connectivity index (χ4n) is 3.01. The molecule has 4 unspecified atom stereocenters. The molecule has 3 N–H and O–H groups in total. The number of hydrogen-bond acceptors (Lipinski definition) is 6. The fraction of sp³-hybridized carbons (Fsp3) is 1.00. The monoisotopic (exact) mass is 290 g/mol. The molecule has 2 saturated heterocycles. The van der Waals surface area contributed by atoms with Gasteiger partial charge in [0, 0.05) is 12.8 Å². The lowest BCUT2D eigenvalue weighted by molar-refractivity contribution is -0.302. The lowest BCUT2D eigenvalue weighted by Crippen LogP contribution is -2.57. The predicted octanol–water partition coefficient (Wildman–Crippen LogP) is 0.177. The number of aliphatic hydroxyl groups is 3. The second kappa shape index (κ2) is 5.87. The van der Waals surface area contributed by atoms with Gasteiger partial charge in [0.1, 0.15) is 12.2 Å². The molecule has 6 heteroatoms. The summed E-state index contributed by atoms with van der Waals surface area (Å²) in [6.07, 6.45) is -2.76. The minimum atomic E-state index is -1.25.